The number of hydrogen-bond donors (Lipinski definition) is 1. The molecule has 0 aromatic heterocycles. The normalized spacial score (nSPS) is 11.0. The zero-order chi connectivity index (χ0) is 8.10. The van der Waals surface area contributed by atoms with Gasteiger partial charge in [-0.25, -0.2) is 0 Å². The third-order valence-corrected chi connectivity index (χ3v) is 1.57. The smallest absolute Gasteiger partial charge is 0.0405 e. The highest BCUT2D eigenvalue weighted by atomic mass is 35.5. The maximum Gasteiger partial charge on any atom is 0.0405 e. The van der Waals surface area contributed by atoms with Gasteiger partial charge in [-0.05, 0) is 5.56 Å². The van der Waals surface area contributed by atoms with Crippen LogP contribution < -0.4 is 5.73 Å². The Balaban J connectivity index is 0.00000121. The van der Waals surface area contributed by atoms with Crippen LogP contribution in [0.1, 0.15) is 18.0 Å². The molecule has 12 heavy (non-hydrogen) atoms. The van der Waals surface area contributed by atoms with Crippen molar-refractivity contribution in [2.24, 2.45) is 5.73 Å². The van der Waals surface area contributed by atoms with Gasteiger partial charge in [0.15, 0.2) is 0 Å². The topological polar surface area (TPSA) is 26.0 Å². The first-order valence-electron chi connectivity index (χ1n) is 3.58. The summed E-state index contributed by atoms with van der Waals surface area (Å²) in [4.78, 5) is 0. The monoisotopic (exact) mass is 181 g/mol. The van der Waals surface area contributed by atoms with Gasteiger partial charge in [0, 0.05) is 12.5 Å². The predicted octanol–water partition coefficient (Wildman–Crippen LogP) is 2.13. The van der Waals surface area contributed by atoms with Gasteiger partial charge in [0.25, 0.3) is 0 Å². The fourth-order valence-electron chi connectivity index (χ4n) is 0.945. The van der Waals surface area contributed by atoms with E-state index in [-0.39, 0.29) is 18.4 Å². The maximum atomic E-state index is 5.76. The standard InChI is InChI=1S/C10H11N.ClH/c1-2-6-10(11)9-7-4-3-5-8-9;/h1,3-5,7-8,10H,6,11H2;1H/t10-;/m1./s1. The molecule has 0 radical (unpaired) electrons. The second kappa shape index (κ2) is 5.65. The van der Waals surface area contributed by atoms with Crippen LogP contribution in [0.5, 0.6) is 0 Å². The van der Waals surface area contributed by atoms with E-state index in [1.54, 1.807) is 0 Å². The van der Waals surface area contributed by atoms with E-state index in [4.69, 9.17) is 12.2 Å². The first-order chi connectivity index (χ1) is 5.34. The van der Waals surface area contributed by atoms with Gasteiger partial charge in [-0.3, -0.25) is 0 Å². The Bertz CT molecular complexity index is 250. The van der Waals surface area contributed by atoms with E-state index < -0.39 is 0 Å². The molecule has 0 fully saturated rings. The number of terminal acetylenes is 1. The molecule has 0 aliphatic heterocycles. The SMILES string of the molecule is C#CC[C@@H](N)c1ccccc1.Cl. The molecule has 1 nitrogen and oxygen atoms in total. The van der Waals surface area contributed by atoms with Crippen LogP contribution in [-0.2, 0) is 0 Å². The molecule has 1 atom stereocenters. The van der Waals surface area contributed by atoms with Crippen LogP contribution >= 0.6 is 12.4 Å². The summed E-state index contributed by atoms with van der Waals surface area (Å²) in [5, 5.41) is 0. The van der Waals surface area contributed by atoms with E-state index in [9.17, 15) is 0 Å². The molecule has 1 aromatic carbocycles. The van der Waals surface area contributed by atoms with E-state index >= 15 is 0 Å². The van der Waals surface area contributed by atoms with Crippen molar-refractivity contribution in [1.82, 2.24) is 0 Å². The number of rotatable bonds is 2. The third kappa shape index (κ3) is 2.96. The summed E-state index contributed by atoms with van der Waals surface area (Å²) in [7, 11) is 0. The van der Waals surface area contributed by atoms with Crippen LogP contribution in [0.2, 0.25) is 0 Å². The molecule has 0 unspecified atom stereocenters. The summed E-state index contributed by atoms with van der Waals surface area (Å²) >= 11 is 0. The minimum Gasteiger partial charge on any atom is -0.323 e. The van der Waals surface area contributed by atoms with Crippen LogP contribution in [0, 0.1) is 12.3 Å². The Morgan fingerprint density at radius 3 is 2.42 bits per heavy atom. The summed E-state index contributed by atoms with van der Waals surface area (Å²) in [6, 6.07) is 9.86. The van der Waals surface area contributed by atoms with Gasteiger partial charge in [-0.2, -0.15) is 0 Å². The number of hydrogen-bond acceptors (Lipinski definition) is 1. The highest BCUT2D eigenvalue weighted by Crippen LogP contribution is 2.11. The Morgan fingerprint density at radius 1 is 1.33 bits per heavy atom. The molecule has 1 aromatic rings. The Kier molecular flexibility index (Phi) is 5.19. The van der Waals surface area contributed by atoms with Crippen LogP contribution in [0.3, 0.4) is 0 Å². The maximum absolute atomic E-state index is 5.76. The zero-order valence-electron chi connectivity index (χ0n) is 6.73. The van der Waals surface area contributed by atoms with Crippen molar-refractivity contribution in [3.05, 3.63) is 35.9 Å². The lowest BCUT2D eigenvalue weighted by molar-refractivity contribution is 0.755. The summed E-state index contributed by atoms with van der Waals surface area (Å²) in [5.41, 5.74) is 6.87. The average molecular weight is 182 g/mol. The summed E-state index contributed by atoms with van der Waals surface area (Å²) < 4.78 is 0. The quantitative estimate of drug-likeness (QED) is 0.696. The number of benzene rings is 1. The van der Waals surface area contributed by atoms with Crippen LogP contribution in [0.4, 0.5) is 0 Å². The van der Waals surface area contributed by atoms with Gasteiger partial charge in [-0.1, -0.05) is 30.3 Å². The molecule has 0 saturated carbocycles. The Labute approximate surface area is 79.4 Å². The van der Waals surface area contributed by atoms with Gasteiger partial charge in [0.1, 0.15) is 0 Å². The van der Waals surface area contributed by atoms with Crippen molar-refractivity contribution in [1.29, 1.82) is 0 Å². The Morgan fingerprint density at radius 2 is 1.92 bits per heavy atom. The molecule has 0 spiro atoms. The van der Waals surface area contributed by atoms with Crippen molar-refractivity contribution in [2.45, 2.75) is 12.5 Å². The highest BCUT2D eigenvalue weighted by Gasteiger charge is 2.00. The molecule has 0 heterocycles. The van der Waals surface area contributed by atoms with Crippen molar-refractivity contribution >= 4 is 12.4 Å². The summed E-state index contributed by atoms with van der Waals surface area (Å²) in [6.07, 6.45) is 5.74. The van der Waals surface area contributed by atoms with E-state index in [0.717, 1.165) is 5.56 Å². The molecule has 1 rings (SSSR count). The summed E-state index contributed by atoms with van der Waals surface area (Å²) in [6.45, 7) is 0. The average Bonchev–Trinajstić information content (AvgIpc) is 2.07. The van der Waals surface area contributed by atoms with Gasteiger partial charge in [0.2, 0.25) is 0 Å². The zero-order valence-corrected chi connectivity index (χ0v) is 7.55. The van der Waals surface area contributed by atoms with E-state index in [0.29, 0.717) is 6.42 Å². The molecule has 2 N–H and O–H groups in total. The van der Waals surface area contributed by atoms with E-state index in [1.165, 1.54) is 0 Å². The molecular formula is C10H12ClN. The van der Waals surface area contributed by atoms with Gasteiger partial charge in [-0.15, -0.1) is 24.8 Å². The molecule has 0 aliphatic rings. The number of halogens is 1. The van der Waals surface area contributed by atoms with Crippen molar-refractivity contribution in [3.8, 4) is 12.3 Å². The van der Waals surface area contributed by atoms with Crippen molar-refractivity contribution in [3.63, 3.8) is 0 Å². The lowest BCUT2D eigenvalue weighted by Gasteiger charge is -2.06. The largest absolute Gasteiger partial charge is 0.323 e. The third-order valence-electron chi connectivity index (χ3n) is 1.57. The lowest BCUT2D eigenvalue weighted by Crippen LogP contribution is -2.08. The van der Waals surface area contributed by atoms with Gasteiger partial charge >= 0.3 is 0 Å². The van der Waals surface area contributed by atoms with Crippen LogP contribution in [0.25, 0.3) is 0 Å². The van der Waals surface area contributed by atoms with Crippen molar-refractivity contribution in [2.75, 3.05) is 0 Å². The molecule has 2 heteroatoms. The van der Waals surface area contributed by atoms with E-state index in [2.05, 4.69) is 5.92 Å². The molecule has 0 aliphatic carbocycles. The van der Waals surface area contributed by atoms with Crippen LogP contribution in [0.15, 0.2) is 30.3 Å². The Hall–Kier alpha value is -0.970. The second-order valence-corrected chi connectivity index (χ2v) is 2.43. The minimum absolute atomic E-state index is 0. The highest BCUT2D eigenvalue weighted by molar-refractivity contribution is 5.85. The fourth-order valence-corrected chi connectivity index (χ4v) is 0.945. The molecule has 0 saturated heterocycles. The number of nitrogens with two attached hydrogens (primary N) is 1. The first-order valence-corrected chi connectivity index (χ1v) is 3.58. The van der Waals surface area contributed by atoms with Gasteiger partial charge in [0.05, 0.1) is 0 Å². The first kappa shape index (κ1) is 11.0. The minimum atomic E-state index is -0.0128. The predicted molar refractivity (Wildman–Crippen MR) is 54.1 cm³/mol. The van der Waals surface area contributed by atoms with E-state index in [1.807, 2.05) is 30.3 Å². The van der Waals surface area contributed by atoms with Crippen molar-refractivity contribution < 1.29 is 0 Å². The molecule has 0 amide bonds. The lowest BCUT2D eigenvalue weighted by atomic mass is 10.1. The molecule has 64 valence electrons. The second-order valence-electron chi connectivity index (χ2n) is 2.43. The molecular weight excluding hydrogens is 170 g/mol. The fraction of sp³-hybridized carbons (Fsp3) is 0.200. The molecule has 0 bridgehead atoms. The summed E-state index contributed by atoms with van der Waals surface area (Å²) in [5.74, 6) is 2.54. The van der Waals surface area contributed by atoms with Gasteiger partial charge < -0.3 is 5.73 Å². The van der Waals surface area contributed by atoms with Crippen LogP contribution in [-0.4, -0.2) is 0 Å².